The Morgan fingerprint density at radius 1 is 1.09 bits per heavy atom. The zero-order chi connectivity index (χ0) is 16.4. The van der Waals surface area contributed by atoms with Gasteiger partial charge in [-0.25, -0.2) is 0 Å². The first-order valence-electron chi connectivity index (χ1n) is 8.48. The summed E-state index contributed by atoms with van der Waals surface area (Å²) in [5.41, 5.74) is 1.39. The number of hydrogen-bond acceptors (Lipinski definition) is 1. The molecule has 2 heteroatoms. The van der Waals surface area contributed by atoms with Crippen LogP contribution in [-0.2, 0) is 10.3 Å². The molecule has 0 aromatic heterocycles. The summed E-state index contributed by atoms with van der Waals surface area (Å²) in [6.07, 6.45) is 3.69. The zero-order valence-electron chi connectivity index (χ0n) is 14.8. The summed E-state index contributed by atoms with van der Waals surface area (Å²) in [5, 5.41) is 0.794. The molecule has 22 heavy (non-hydrogen) atoms. The second-order valence-electron chi connectivity index (χ2n) is 9.04. The van der Waals surface area contributed by atoms with Crippen LogP contribution in [0.3, 0.4) is 0 Å². The second-order valence-corrected chi connectivity index (χ2v) is 9.48. The molecule has 2 fully saturated rings. The minimum atomic E-state index is -0.206. The van der Waals surface area contributed by atoms with Crippen molar-refractivity contribution in [3.63, 3.8) is 0 Å². The lowest BCUT2D eigenvalue weighted by atomic mass is 9.62. The highest BCUT2D eigenvalue weighted by atomic mass is 35.5. The Morgan fingerprint density at radius 3 is 2.09 bits per heavy atom. The fourth-order valence-electron chi connectivity index (χ4n) is 5.14. The van der Waals surface area contributed by atoms with Crippen molar-refractivity contribution in [2.45, 2.75) is 72.0 Å². The van der Waals surface area contributed by atoms with Crippen LogP contribution in [0.25, 0.3) is 0 Å². The molecule has 1 nitrogen and oxygen atoms in total. The largest absolute Gasteiger partial charge is 0.364 e. The molecule has 0 amide bonds. The summed E-state index contributed by atoms with van der Waals surface area (Å²) >= 11 is 6.13. The van der Waals surface area contributed by atoms with E-state index in [0.29, 0.717) is 5.41 Å². The van der Waals surface area contributed by atoms with E-state index >= 15 is 0 Å². The monoisotopic (exact) mass is 320 g/mol. The maximum Gasteiger partial charge on any atom is 0.0999 e. The van der Waals surface area contributed by atoms with Crippen LogP contribution in [0.5, 0.6) is 0 Å². The van der Waals surface area contributed by atoms with Crippen LogP contribution in [0, 0.1) is 16.7 Å². The molecule has 2 aliphatic rings. The van der Waals surface area contributed by atoms with Crippen molar-refractivity contribution in [2.75, 3.05) is 0 Å². The Morgan fingerprint density at radius 2 is 1.68 bits per heavy atom. The molecule has 3 atom stereocenters. The summed E-state index contributed by atoms with van der Waals surface area (Å²) < 4.78 is 6.84. The predicted molar refractivity (Wildman–Crippen MR) is 93.2 cm³/mol. The molecule has 0 radical (unpaired) electrons. The molecule has 0 heterocycles. The van der Waals surface area contributed by atoms with Crippen molar-refractivity contribution >= 4 is 11.6 Å². The fraction of sp³-hybridized carbons (Fsp3) is 0.700. The van der Waals surface area contributed by atoms with Crippen LogP contribution in [0.2, 0.25) is 5.02 Å². The zero-order valence-corrected chi connectivity index (χ0v) is 15.6. The first kappa shape index (κ1) is 16.3. The summed E-state index contributed by atoms with van der Waals surface area (Å²) in [6.45, 7) is 13.8. The third-order valence-corrected chi connectivity index (χ3v) is 6.90. The molecule has 3 rings (SSSR count). The number of fused-ring (bicyclic) bond motifs is 2. The van der Waals surface area contributed by atoms with Gasteiger partial charge in [0.2, 0.25) is 0 Å². The van der Waals surface area contributed by atoms with E-state index in [0.717, 1.165) is 17.4 Å². The lowest BCUT2D eigenvalue weighted by Gasteiger charge is -2.51. The molecule has 0 spiro atoms. The number of hydrogen-bond donors (Lipinski definition) is 0. The Kier molecular flexibility index (Phi) is 3.52. The van der Waals surface area contributed by atoms with E-state index in [1.54, 1.807) is 0 Å². The summed E-state index contributed by atoms with van der Waals surface area (Å²) in [5.74, 6) is 0.732. The van der Waals surface area contributed by atoms with Gasteiger partial charge in [-0.2, -0.15) is 0 Å². The molecule has 2 bridgehead atoms. The quantitative estimate of drug-likeness (QED) is 0.630. The van der Waals surface area contributed by atoms with Crippen molar-refractivity contribution in [3.05, 3.63) is 34.9 Å². The van der Waals surface area contributed by atoms with Crippen LogP contribution in [0.4, 0.5) is 0 Å². The van der Waals surface area contributed by atoms with Gasteiger partial charge in [0.25, 0.3) is 0 Å². The number of halogens is 1. The fourth-order valence-corrected chi connectivity index (χ4v) is 5.27. The maximum atomic E-state index is 6.84. The summed E-state index contributed by atoms with van der Waals surface area (Å²) in [4.78, 5) is 0. The van der Waals surface area contributed by atoms with Crippen LogP contribution >= 0.6 is 11.6 Å². The van der Waals surface area contributed by atoms with Gasteiger partial charge in [-0.15, -0.1) is 0 Å². The van der Waals surface area contributed by atoms with Gasteiger partial charge in [-0.3, -0.25) is 0 Å². The Balaban J connectivity index is 2.16. The molecular formula is C20H29ClO. The van der Waals surface area contributed by atoms with Crippen molar-refractivity contribution < 1.29 is 4.74 Å². The number of rotatable bonds is 2. The molecule has 1 aromatic rings. The highest BCUT2D eigenvalue weighted by molar-refractivity contribution is 6.30. The van der Waals surface area contributed by atoms with Crippen molar-refractivity contribution in [2.24, 2.45) is 16.7 Å². The van der Waals surface area contributed by atoms with Gasteiger partial charge in [0.05, 0.1) is 11.2 Å². The summed E-state index contributed by atoms with van der Waals surface area (Å²) in [7, 11) is 0. The summed E-state index contributed by atoms with van der Waals surface area (Å²) in [6, 6.07) is 8.37. The van der Waals surface area contributed by atoms with Crippen LogP contribution in [-0.4, -0.2) is 5.60 Å². The highest BCUT2D eigenvalue weighted by Gasteiger charge is 2.70. The molecule has 1 aromatic carbocycles. The average Bonchev–Trinajstić information content (AvgIpc) is 2.70. The van der Waals surface area contributed by atoms with Crippen molar-refractivity contribution in [1.29, 1.82) is 0 Å². The van der Waals surface area contributed by atoms with Gasteiger partial charge in [0.15, 0.2) is 0 Å². The van der Waals surface area contributed by atoms with Gasteiger partial charge in [0.1, 0.15) is 0 Å². The lowest BCUT2D eigenvalue weighted by molar-refractivity contribution is -0.204. The Hall–Kier alpha value is -0.530. The topological polar surface area (TPSA) is 9.23 Å². The van der Waals surface area contributed by atoms with Crippen LogP contribution in [0.1, 0.15) is 66.4 Å². The first-order valence-corrected chi connectivity index (χ1v) is 8.86. The normalized spacial score (nSPS) is 36.8. The van der Waals surface area contributed by atoms with E-state index in [2.05, 4.69) is 53.7 Å². The Bertz CT molecular complexity index is 568. The molecule has 2 aliphatic carbocycles. The third-order valence-electron chi connectivity index (χ3n) is 6.65. The molecule has 0 aliphatic heterocycles. The van der Waals surface area contributed by atoms with E-state index < -0.39 is 0 Å². The van der Waals surface area contributed by atoms with Crippen molar-refractivity contribution in [3.8, 4) is 0 Å². The number of benzene rings is 1. The second kappa shape index (κ2) is 4.74. The van der Waals surface area contributed by atoms with Crippen LogP contribution < -0.4 is 0 Å². The van der Waals surface area contributed by atoms with Gasteiger partial charge >= 0.3 is 0 Å². The number of ether oxygens (including phenoxy) is 1. The van der Waals surface area contributed by atoms with Gasteiger partial charge in [-0.1, -0.05) is 44.5 Å². The highest BCUT2D eigenvalue weighted by Crippen LogP contribution is 2.74. The van der Waals surface area contributed by atoms with E-state index in [1.807, 2.05) is 12.1 Å². The lowest BCUT2D eigenvalue weighted by Crippen LogP contribution is -2.50. The molecule has 0 saturated heterocycles. The van der Waals surface area contributed by atoms with Gasteiger partial charge in [-0.05, 0) is 69.1 Å². The Labute approximate surface area is 140 Å². The van der Waals surface area contributed by atoms with E-state index in [1.165, 1.54) is 18.4 Å². The van der Waals surface area contributed by atoms with E-state index in [4.69, 9.17) is 16.3 Å². The molecule has 0 N–H and O–H groups in total. The molecule has 3 unspecified atom stereocenters. The average molecular weight is 321 g/mol. The first-order chi connectivity index (χ1) is 10.0. The van der Waals surface area contributed by atoms with E-state index in [9.17, 15) is 0 Å². The molecular weight excluding hydrogens is 292 g/mol. The predicted octanol–water partition coefficient (Wildman–Crippen LogP) is 6.20. The maximum absolute atomic E-state index is 6.84. The van der Waals surface area contributed by atoms with Gasteiger partial charge < -0.3 is 4.74 Å². The minimum absolute atomic E-state index is 0.159. The van der Waals surface area contributed by atoms with Crippen LogP contribution in [0.15, 0.2) is 24.3 Å². The third kappa shape index (κ3) is 2.08. The smallest absolute Gasteiger partial charge is 0.0999 e. The van der Waals surface area contributed by atoms with Gasteiger partial charge in [0, 0.05) is 10.4 Å². The van der Waals surface area contributed by atoms with E-state index in [-0.39, 0.29) is 16.6 Å². The minimum Gasteiger partial charge on any atom is -0.364 e. The SMILES string of the molecule is CC(C)(C)OC1(c2ccc(Cl)cc2)CC2CCC1(C)C2(C)C. The van der Waals surface area contributed by atoms with Crippen molar-refractivity contribution in [1.82, 2.24) is 0 Å². The standard InChI is InChI=1S/C20H29ClO/c1-17(2,3)22-20(14-7-9-16(21)10-8-14)13-15-11-12-19(20,6)18(15,4)5/h7-10,15H,11-13H2,1-6H3. The molecule has 122 valence electrons. The molecule has 2 saturated carbocycles.